The van der Waals surface area contributed by atoms with Crippen LogP contribution < -0.4 is 21.7 Å². The van der Waals surface area contributed by atoms with Crippen LogP contribution in [0.25, 0.3) is 65.9 Å². The molecule has 14 aromatic rings. The Hall–Kier alpha value is -9.44. The largest absolute Gasteiger partial charge is 0.459 e. The summed E-state index contributed by atoms with van der Waals surface area (Å²) in [7, 11) is -1.29. The molecule has 470 valence electrons. The number of nitrogens with two attached hydrogens (primary N) is 1. The topological polar surface area (TPSA) is 257 Å². The zero-order chi connectivity index (χ0) is 66.3. The van der Waals surface area contributed by atoms with Crippen LogP contribution in [0.3, 0.4) is 0 Å². The van der Waals surface area contributed by atoms with Crippen molar-refractivity contribution in [1.82, 2.24) is 59.8 Å². The first-order valence-electron chi connectivity index (χ1n) is 28.8. The molecule has 0 fully saturated rings. The van der Waals surface area contributed by atoms with E-state index in [1.54, 1.807) is 92.8 Å². The third kappa shape index (κ3) is 20.3. The third-order valence-electron chi connectivity index (χ3n) is 13.7. The Morgan fingerprint density at radius 1 is 0.411 bits per heavy atom. The number of nitrogens with zero attached hydrogens (tertiary/aromatic N) is 12. The number of pyridine rings is 4. The Morgan fingerprint density at radius 2 is 0.779 bits per heavy atom. The van der Waals surface area contributed by atoms with Gasteiger partial charge in [-0.1, -0.05) is 95.0 Å². The summed E-state index contributed by atoms with van der Waals surface area (Å²) >= 11 is 28.2. The second-order valence-electron chi connectivity index (χ2n) is 20.3. The Labute approximate surface area is 593 Å². The molecule has 6 aromatic carbocycles. The smallest absolute Gasteiger partial charge is 0.427 e. The number of anilines is 7. The second kappa shape index (κ2) is 34.6. The normalized spacial score (nSPS) is 11.9. The molecule has 0 spiro atoms. The zero-order valence-electron chi connectivity index (χ0n) is 49.8. The summed E-state index contributed by atoms with van der Waals surface area (Å²) in [5, 5.41) is 33.7. The molecule has 8 aromatic heterocycles. The van der Waals surface area contributed by atoms with Gasteiger partial charge in [0.25, 0.3) is 0 Å². The predicted octanol–water partition coefficient (Wildman–Crippen LogP) is 18.0. The number of nitrogen functional groups attached to an aromatic ring is 1. The van der Waals surface area contributed by atoms with Crippen LogP contribution in [-0.4, -0.2) is 77.0 Å². The number of benzene rings is 6. The van der Waals surface area contributed by atoms with Gasteiger partial charge in [0.15, 0.2) is 0 Å². The maximum Gasteiger partial charge on any atom is 0.459 e. The first-order valence-corrected chi connectivity index (χ1v) is 32.5. The Morgan fingerprint density at radius 3 is 1.16 bits per heavy atom. The van der Waals surface area contributed by atoms with Gasteiger partial charge in [-0.3, -0.25) is 19.9 Å². The Bertz CT molecular complexity index is 4750. The molecular weight excluding hydrogens is 1500 g/mol. The molecule has 1 unspecified atom stereocenters. The number of rotatable bonds is 9. The van der Waals surface area contributed by atoms with Crippen LogP contribution >= 0.6 is 91.6 Å². The quantitative estimate of drug-likeness (QED) is 0.0446. The molecule has 0 aliphatic heterocycles. The van der Waals surface area contributed by atoms with Crippen LogP contribution in [-0.2, 0) is 0 Å². The molecule has 0 amide bonds. The fraction of sp³-hybridized carbons (Fsp3) is 0.0286. The summed E-state index contributed by atoms with van der Waals surface area (Å²) in [5.74, 6) is 2.09. The minimum Gasteiger partial charge on any atom is -0.427 e. The van der Waals surface area contributed by atoms with Gasteiger partial charge in [-0.2, -0.15) is 0 Å². The van der Waals surface area contributed by atoms with Crippen LogP contribution in [0, 0.1) is 7.14 Å². The van der Waals surface area contributed by atoms with Crippen LogP contribution in [0.1, 0.15) is 6.42 Å². The lowest BCUT2D eigenvalue weighted by atomic mass is 9.69. The number of hydrogen-bond acceptors (Lipinski definition) is 18. The number of aromatic nitrogens is 12. The van der Waals surface area contributed by atoms with Gasteiger partial charge in [0.1, 0.15) is 47.9 Å². The maximum absolute atomic E-state index is 8.71. The molecule has 0 saturated heterocycles. The number of allylic oxidation sites excluding steroid dienone is 4. The van der Waals surface area contributed by atoms with Crippen LogP contribution in [0.4, 0.5) is 40.2 Å². The summed E-state index contributed by atoms with van der Waals surface area (Å²) in [6, 6.07) is 54.7. The van der Waals surface area contributed by atoms with E-state index >= 15 is 0 Å². The Balaban J connectivity index is 0.000000130. The predicted molar refractivity (Wildman–Crippen MR) is 402 cm³/mol. The highest BCUT2D eigenvalue weighted by molar-refractivity contribution is 14.1. The van der Waals surface area contributed by atoms with Gasteiger partial charge in [-0.25, -0.2) is 39.9 Å². The van der Waals surface area contributed by atoms with Gasteiger partial charge in [0, 0.05) is 122 Å². The molecule has 8 heterocycles. The lowest BCUT2D eigenvalue weighted by molar-refractivity contribution is 0.394. The van der Waals surface area contributed by atoms with Crippen molar-refractivity contribution in [2.75, 3.05) is 21.7 Å². The first kappa shape index (κ1) is 68.4. The number of hydrogen-bond donors (Lipinski definition) is 6. The summed E-state index contributed by atoms with van der Waals surface area (Å²) < 4.78 is 2.30. The van der Waals surface area contributed by atoms with E-state index in [0.717, 1.165) is 113 Å². The molecule has 0 radical (unpaired) electrons. The molecule has 7 N–H and O–H groups in total. The van der Waals surface area contributed by atoms with Crippen molar-refractivity contribution in [2.45, 2.75) is 12.2 Å². The molecule has 25 heteroatoms. The van der Waals surface area contributed by atoms with Gasteiger partial charge in [-0.15, -0.1) is 0 Å². The van der Waals surface area contributed by atoms with E-state index in [1.807, 2.05) is 146 Å². The summed E-state index contributed by atoms with van der Waals surface area (Å²) in [6.45, 7) is 0. The lowest BCUT2D eigenvalue weighted by Gasteiger charge is -2.11. The molecule has 0 bridgehead atoms. The fourth-order valence-corrected chi connectivity index (χ4v) is 10.9. The molecule has 18 nitrogen and oxygen atoms in total. The van der Waals surface area contributed by atoms with Crippen molar-refractivity contribution >= 4 is 183 Å². The minimum absolute atomic E-state index is 0.238. The second-order valence-corrected chi connectivity index (χ2v) is 24.4. The average molecular weight is 1560 g/mol. The van der Waals surface area contributed by atoms with Gasteiger partial charge in [-0.05, 0) is 213 Å². The van der Waals surface area contributed by atoms with Crippen LogP contribution in [0.5, 0.6) is 0 Å². The van der Waals surface area contributed by atoms with E-state index < -0.39 is 7.12 Å². The highest BCUT2D eigenvalue weighted by Gasteiger charge is 2.21. The molecule has 0 saturated carbocycles. The SMILES string of the molecule is Clc1cccc(-c2ccc3ncnc(Nc4ccncc4)c3c2)c1.Clc1cccc(-c2ccc3ncnc(Nc4ccncc4)c3c2)c1.Clc1ncnc2ccc(I)cc12.Ic1ccc2ncnc(Nc3ccncc3)c2c1.Nc1ccncc1.OB(O)C1C=C(Cl)C=CC1. The highest BCUT2D eigenvalue weighted by atomic mass is 127. The molecule has 1 atom stereocenters. The van der Waals surface area contributed by atoms with Gasteiger partial charge in [0.2, 0.25) is 0 Å². The number of halogens is 6. The van der Waals surface area contributed by atoms with E-state index in [9.17, 15) is 0 Å². The van der Waals surface area contributed by atoms with Gasteiger partial charge >= 0.3 is 7.12 Å². The fourth-order valence-electron chi connectivity index (χ4n) is 9.09. The van der Waals surface area contributed by atoms with E-state index in [2.05, 4.69) is 139 Å². The minimum atomic E-state index is -1.29. The lowest BCUT2D eigenvalue weighted by Crippen LogP contribution is -2.19. The van der Waals surface area contributed by atoms with E-state index in [-0.39, 0.29) is 5.82 Å². The average Bonchev–Trinajstić information content (AvgIpc) is 0.878. The van der Waals surface area contributed by atoms with Gasteiger partial charge in [0.05, 0.1) is 22.1 Å². The molecule has 15 rings (SSSR count). The highest BCUT2D eigenvalue weighted by Crippen LogP contribution is 2.33. The van der Waals surface area contributed by atoms with Crippen molar-refractivity contribution in [3.05, 3.63) is 290 Å². The van der Waals surface area contributed by atoms with Gasteiger partial charge < -0.3 is 31.7 Å². The number of fused-ring (bicyclic) bond motifs is 4. The molecule has 95 heavy (non-hydrogen) atoms. The third-order valence-corrected chi connectivity index (χ3v) is 16.1. The van der Waals surface area contributed by atoms with Crippen molar-refractivity contribution in [2.24, 2.45) is 0 Å². The first-order chi connectivity index (χ1) is 46.3. The summed E-state index contributed by atoms with van der Waals surface area (Å²) in [4.78, 5) is 49.8. The summed E-state index contributed by atoms with van der Waals surface area (Å²) in [5.41, 5.74) is 16.7. The monoisotopic (exact) mass is 1550 g/mol. The maximum atomic E-state index is 8.71. The number of nitrogens with one attached hydrogen (secondary N) is 3. The standard InChI is InChI=1S/2C19H13ClN4.C13H9IN4.C8H4ClIN2.C6H8BClO2.C5H6N2/c2*20-15-3-1-2-13(10-15)14-4-5-18-17(11-14)19(23-12-22-18)24-16-6-8-21-9-7-16;14-9-1-2-12-11(7-9)13(17-8-16-12)18-10-3-5-15-6-4-10;9-8-6-3-5(10)1-2-7(6)11-4-12-8;8-6-3-1-2-5(4-6)7(9)10;6-5-1-3-7-4-2-5/h2*1-12H,(H,21,22,23,24);1-8H,(H,15,16,17,18);1-4H;1,3-5,9-10H,2H2;1-4H,(H2,6,7). The molecular formula is C70H53BCl4I2N16O2. The van der Waals surface area contributed by atoms with Crippen molar-refractivity contribution < 1.29 is 10.0 Å². The summed E-state index contributed by atoms with van der Waals surface area (Å²) in [6.07, 6.45) is 25.8. The van der Waals surface area contributed by atoms with Crippen molar-refractivity contribution in [3.8, 4) is 22.3 Å². The Kier molecular flexibility index (Phi) is 25.0. The molecule has 1 aliphatic rings. The zero-order valence-corrected chi connectivity index (χ0v) is 57.1. The van der Waals surface area contributed by atoms with Crippen molar-refractivity contribution in [3.63, 3.8) is 0 Å². The van der Waals surface area contributed by atoms with E-state index in [0.29, 0.717) is 26.7 Å². The van der Waals surface area contributed by atoms with Crippen LogP contribution in [0.15, 0.2) is 268 Å². The van der Waals surface area contributed by atoms with E-state index in [4.69, 9.17) is 62.2 Å². The molecule has 1 aliphatic carbocycles. The van der Waals surface area contributed by atoms with E-state index in [1.165, 1.54) is 6.33 Å². The van der Waals surface area contributed by atoms with Crippen LogP contribution in [0.2, 0.25) is 21.0 Å². The van der Waals surface area contributed by atoms with Crippen molar-refractivity contribution in [1.29, 1.82) is 0 Å².